The van der Waals surface area contributed by atoms with Crippen LogP contribution in [-0.2, 0) is 33.4 Å². The number of aryl methyl sites for hydroxylation is 5. The number of fused-ring (bicyclic) bond motifs is 2. The number of phenols is 1. The minimum absolute atomic E-state index is 0.0962. The Hall–Kier alpha value is -7.32. The van der Waals surface area contributed by atoms with Gasteiger partial charge in [0.25, 0.3) is 0 Å². The quantitative estimate of drug-likeness (QED) is 0.0964. The maximum absolute atomic E-state index is 9.38. The van der Waals surface area contributed by atoms with Crippen LogP contribution in [0.5, 0.6) is 11.5 Å². The molecule has 282 valence electrons. The van der Waals surface area contributed by atoms with E-state index in [1.54, 1.807) is 46.2 Å². The molecule has 0 saturated heterocycles. The predicted octanol–water partition coefficient (Wildman–Crippen LogP) is 7.58. The molecule has 8 rings (SSSR count). The Bertz CT molecular complexity index is 2420. The van der Waals surface area contributed by atoms with Gasteiger partial charge in [-0.15, -0.1) is 0 Å². The van der Waals surface area contributed by atoms with Crippen molar-refractivity contribution in [3.63, 3.8) is 0 Å². The van der Waals surface area contributed by atoms with Gasteiger partial charge in [-0.1, -0.05) is 0 Å². The molecule has 1 atom stereocenters. The molecule has 2 aliphatic rings. The monoisotopic (exact) mass is 746 g/mol. The summed E-state index contributed by atoms with van der Waals surface area (Å²) >= 11 is 0. The highest BCUT2D eigenvalue weighted by Crippen LogP contribution is 2.35. The molecule has 0 aliphatic heterocycles. The van der Waals surface area contributed by atoms with Crippen molar-refractivity contribution >= 4 is 35.2 Å². The fourth-order valence-corrected chi connectivity index (χ4v) is 6.57. The highest BCUT2D eigenvalue weighted by atomic mass is 16.5. The molecule has 2 aliphatic carbocycles. The molecule has 4 heterocycles. The molecule has 0 bridgehead atoms. The number of rotatable bonds is 8. The van der Waals surface area contributed by atoms with Gasteiger partial charge in [0.2, 0.25) is 0 Å². The summed E-state index contributed by atoms with van der Waals surface area (Å²) in [7, 11) is 3.68. The van der Waals surface area contributed by atoms with Crippen LogP contribution >= 0.6 is 0 Å². The number of aromatic nitrogens is 6. The minimum Gasteiger partial charge on any atom is -0.508 e. The van der Waals surface area contributed by atoms with E-state index < -0.39 is 0 Å². The van der Waals surface area contributed by atoms with Crippen molar-refractivity contribution in [1.82, 2.24) is 29.5 Å². The van der Waals surface area contributed by atoms with Gasteiger partial charge in [-0.3, -0.25) is 9.36 Å². The zero-order valence-corrected chi connectivity index (χ0v) is 31.2. The van der Waals surface area contributed by atoms with E-state index in [2.05, 4.69) is 42.9 Å². The molecule has 4 aromatic heterocycles. The van der Waals surface area contributed by atoms with E-state index in [0.29, 0.717) is 22.6 Å². The molecular weight excluding hydrogens is 705 g/mol. The van der Waals surface area contributed by atoms with Crippen molar-refractivity contribution in [2.45, 2.75) is 51.0 Å². The first-order chi connectivity index (χ1) is 27.2. The highest BCUT2D eigenvalue weighted by Gasteiger charge is 2.23. The van der Waals surface area contributed by atoms with Crippen LogP contribution in [0.4, 0.5) is 22.7 Å². The minimum atomic E-state index is -0.0962. The first-order valence-electron chi connectivity index (χ1n) is 18.2. The van der Waals surface area contributed by atoms with Gasteiger partial charge in [-0.25, -0.2) is 9.97 Å². The van der Waals surface area contributed by atoms with Crippen molar-refractivity contribution in [1.29, 1.82) is 21.3 Å². The molecule has 14 nitrogen and oxygen atoms in total. The summed E-state index contributed by atoms with van der Waals surface area (Å²) in [6.07, 6.45) is 20.8. The second kappa shape index (κ2) is 18.1. The largest absolute Gasteiger partial charge is 0.508 e. The Kier molecular flexibility index (Phi) is 12.4. The van der Waals surface area contributed by atoms with Crippen molar-refractivity contribution < 1.29 is 9.84 Å². The van der Waals surface area contributed by atoms with Gasteiger partial charge in [-0.05, 0) is 98.0 Å². The highest BCUT2D eigenvalue weighted by molar-refractivity contribution is 5.88. The molecule has 6 aromatic rings. The van der Waals surface area contributed by atoms with E-state index >= 15 is 0 Å². The summed E-state index contributed by atoms with van der Waals surface area (Å²) in [5.41, 5.74) is 10.4. The van der Waals surface area contributed by atoms with Crippen LogP contribution in [0.1, 0.15) is 76.6 Å². The van der Waals surface area contributed by atoms with Crippen LogP contribution in [0.3, 0.4) is 0 Å². The number of benzene rings is 2. The van der Waals surface area contributed by atoms with Gasteiger partial charge in [-0.2, -0.15) is 20.7 Å². The van der Waals surface area contributed by atoms with Crippen molar-refractivity contribution in [3.8, 4) is 23.6 Å². The van der Waals surface area contributed by atoms with Gasteiger partial charge in [0, 0.05) is 80.1 Å². The number of nitriles is 2. The zero-order valence-electron chi connectivity index (χ0n) is 31.2. The number of hydrogen-bond donors (Lipinski definition) is 5. The maximum Gasteiger partial charge on any atom is 0.140 e. The number of nitrogens with one attached hydrogen (secondary N) is 4. The summed E-state index contributed by atoms with van der Waals surface area (Å²) in [4.78, 5) is 8.26. The summed E-state index contributed by atoms with van der Waals surface area (Å²) in [6, 6.07) is 18.4. The molecule has 0 fully saturated rings. The summed E-state index contributed by atoms with van der Waals surface area (Å²) < 4.78 is 9.67. The summed E-state index contributed by atoms with van der Waals surface area (Å²) in [5, 5.41) is 56.6. The number of nitrogens with zero attached hydrogens (tertiary/aromatic N) is 8. The van der Waals surface area contributed by atoms with E-state index in [1.165, 1.54) is 36.4 Å². The number of aromatic hydroxyl groups is 1. The Balaban J connectivity index is 0.000000159. The van der Waals surface area contributed by atoms with Crippen LogP contribution in [0, 0.1) is 33.5 Å². The lowest BCUT2D eigenvalue weighted by atomic mass is 9.90. The van der Waals surface area contributed by atoms with Crippen LogP contribution in [0.15, 0.2) is 85.7 Å². The van der Waals surface area contributed by atoms with Gasteiger partial charge >= 0.3 is 0 Å². The average molecular weight is 747 g/mol. The molecule has 0 spiro atoms. The molecule has 0 saturated carbocycles. The number of anilines is 4. The Morgan fingerprint density at radius 2 is 1.30 bits per heavy atom. The first-order valence-corrected chi connectivity index (χ1v) is 18.2. The molecule has 56 heavy (non-hydrogen) atoms. The lowest BCUT2D eigenvalue weighted by Gasteiger charge is -2.26. The molecule has 0 radical (unpaired) electrons. The second-order valence-corrected chi connectivity index (χ2v) is 13.4. The van der Waals surface area contributed by atoms with Crippen LogP contribution < -0.4 is 15.4 Å². The van der Waals surface area contributed by atoms with Crippen LogP contribution in [0.2, 0.25) is 0 Å². The van der Waals surface area contributed by atoms with Gasteiger partial charge in [0.15, 0.2) is 0 Å². The van der Waals surface area contributed by atoms with Crippen LogP contribution in [0.25, 0.3) is 0 Å². The normalized spacial score (nSPS) is 13.8. The van der Waals surface area contributed by atoms with Crippen molar-refractivity contribution in [3.05, 3.63) is 130 Å². The third-order valence-corrected chi connectivity index (χ3v) is 9.36. The topological polar surface area (TPSA) is 210 Å². The molecule has 2 aromatic carbocycles. The lowest BCUT2D eigenvalue weighted by molar-refractivity contribution is 0.183. The molecule has 14 heteroatoms. The lowest BCUT2D eigenvalue weighted by Crippen LogP contribution is -2.16. The third-order valence-electron chi connectivity index (χ3n) is 9.36. The zero-order chi connectivity index (χ0) is 39.4. The van der Waals surface area contributed by atoms with Gasteiger partial charge in [0.1, 0.15) is 41.1 Å². The third kappa shape index (κ3) is 9.80. The first kappa shape index (κ1) is 38.4. The molecule has 5 N–H and O–H groups in total. The van der Waals surface area contributed by atoms with Gasteiger partial charge in [0.05, 0.1) is 35.1 Å². The SMILES string of the molecule is Cn1cc(Nc2cc(O)ccc2C=N)cn1.Cn1cc(Nc2cc(O[C@H]3CCCc4cc(C#N)ncc43)ccc2C=N)cn1.N#Cc1cc2c(cn1)CCCC2. The maximum atomic E-state index is 9.38. The van der Waals surface area contributed by atoms with Crippen molar-refractivity contribution in [2.75, 3.05) is 10.6 Å². The van der Waals surface area contributed by atoms with E-state index in [9.17, 15) is 5.11 Å². The Morgan fingerprint density at radius 3 is 1.91 bits per heavy atom. The fourth-order valence-electron chi connectivity index (χ4n) is 6.57. The fraction of sp³-hybridized carbons (Fsp3) is 0.238. The predicted molar refractivity (Wildman–Crippen MR) is 214 cm³/mol. The van der Waals surface area contributed by atoms with Crippen molar-refractivity contribution in [2.24, 2.45) is 14.1 Å². The standard InChI is InChI=1S/C21H20N6O.C11H12N4O.C10H10N2/c1-27-13-17(11-25-27)26-20-8-18(6-5-15(20)9-22)28-21-4-2-3-14-7-16(10-23)24-12-19(14)21;1-15-7-9(6-13-15)14-11-4-10(16)3-2-8(11)5-12;11-6-10-5-8-3-1-2-4-9(8)7-12-10/h5-9,11-13,21-22,26H,2-4H2,1H3;2-7,12,14,16H,1H3;5,7H,1-4H2/t21-;;/m0../s1. The second-order valence-electron chi connectivity index (χ2n) is 13.4. The van der Waals surface area contributed by atoms with Crippen LogP contribution in [-0.4, -0.2) is 47.1 Å². The Morgan fingerprint density at radius 1 is 0.732 bits per heavy atom. The molecule has 0 amide bonds. The smallest absolute Gasteiger partial charge is 0.140 e. The van der Waals surface area contributed by atoms with E-state index in [0.717, 1.165) is 71.6 Å². The van der Waals surface area contributed by atoms with E-state index in [-0.39, 0.29) is 11.9 Å². The Labute approximate surface area is 325 Å². The molecular formula is C42H42N12O2. The number of pyridine rings is 2. The number of phenolic OH excluding ortho intramolecular Hbond substituents is 1. The average Bonchev–Trinajstić information content (AvgIpc) is 3.84. The summed E-state index contributed by atoms with van der Waals surface area (Å²) in [6.45, 7) is 0. The van der Waals surface area contributed by atoms with E-state index in [4.69, 9.17) is 26.1 Å². The number of hydrogen-bond acceptors (Lipinski definition) is 12. The number of ether oxygens (including phenoxy) is 1. The van der Waals surface area contributed by atoms with Gasteiger partial charge < -0.3 is 31.3 Å². The van der Waals surface area contributed by atoms with E-state index in [1.807, 2.05) is 63.0 Å². The summed E-state index contributed by atoms with van der Waals surface area (Å²) in [5.74, 6) is 0.885. The molecule has 0 unspecified atom stereocenters.